The summed E-state index contributed by atoms with van der Waals surface area (Å²) in [5, 5.41) is 12.1. The Bertz CT molecular complexity index is 912. The molecule has 2 aliphatic heterocycles. The van der Waals surface area contributed by atoms with Crippen LogP contribution in [0.1, 0.15) is 37.1 Å². The summed E-state index contributed by atoms with van der Waals surface area (Å²) in [7, 11) is 0. The van der Waals surface area contributed by atoms with E-state index in [2.05, 4.69) is 20.4 Å². The lowest BCUT2D eigenvalue weighted by atomic mass is 9.98. The van der Waals surface area contributed by atoms with Crippen molar-refractivity contribution in [3.8, 4) is 5.82 Å². The molecule has 1 atom stereocenters. The number of likely N-dealkylation sites (tertiary alicyclic amines) is 1. The minimum Gasteiger partial charge on any atom is -0.352 e. The highest BCUT2D eigenvalue weighted by atomic mass is 16.1. The maximum Gasteiger partial charge on any atom is 0.266 e. The number of carbonyl (C=O) groups is 1. The molecule has 1 amide bonds. The molecule has 150 valence electrons. The lowest BCUT2D eigenvalue weighted by Gasteiger charge is -2.41. The van der Waals surface area contributed by atoms with Crippen LogP contribution in [-0.4, -0.2) is 56.0 Å². The van der Waals surface area contributed by atoms with Crippen LogP contribution < -0.4 is 10.9 Å². The minimum atomic E-state index is -0.0836. The van der Waals surface area contributed by atoms with E-state index in [9.17, 15) is 9.59 Å². The summed E-state index contributed by atoms with van der Waals surface area (Å²) < 4.78 is 3.33. The number of aryl methyl sites for hydroxylation is 2. The minimum absolute atomic E-state index is 0.0836. The van der Waals surface area contributed by atoms with Gasteiger partial charge in [0.1, 0.15) is 0 Å². The fraction of sp³-hybridized carbons (Fsp3) is 0.600. The van der Waals surface area contributed by atoms with E-state index in [1.807, 2.05) is 19.9 Å². The van der Waals surface area contributed by atoms with E-state index in [0.717, 1.165) is 50.3 Å². The second-order valence-corrected chi connectivity index (χ2v) is 8.15. The molecule has 0 aromatic carbocycles. The summed E-state index contributed by atoms with van der Waals surface area (Å²) in [5.41, 5.74) is 1.84. The molecule has 28 heavy (non-hydrogen) atoms. The molecule has 2 aromatic heterocycles. The van der Waals surface area contributed by atoms with Crippen LogP contribution in [0.2, 0.25) is 0 Å². The first kappa shape index (κ1) is 18.9. The van der Waals surface area contributed by atoms with Crippen molar-refractivity contribution in [3.05, 3.63) is 39.9 Å². The van der Waals surface area contributed by atoms with Gasteiger partial charge in [0.25, 0.3) is 5.56 Å². The Balaban J connectivity index is 1.35. The number of hydrogen-bond acceptors (Lipinski definition) is 5. The zero-order chi connectivity index (χ0) is 19.7. The first-order chi connectivity index (χ1) is 13.5. The zero-order valence-corrected chi connectivity index (χ0v) is 16.6. The second kappa shape index (κ2) is 7.87. The van der Waals surface area contributed by atoms with Crippen LogP contribution in [0.4, 0.5) is 0 Å². The van der Waals surface area contributed by atoms with Gasteiger partial charge in [-0.3, -0.25) is 9.59 Å². The first-order valence-corrected chi connectivity index (χ1v) is 10.1. The average Bonchev–Trinajstić information content (AvgIpc) is 2.82. The molecule has 2 aliphatic rings. The average molecular weight is 384 g/mol. The lowest BCUT2D eigenvalue weighted by molar-refractivity contribution is -0.121. The van der Waals surface area contributed by atoms with Gasteiger partial charge in [-0.15, -0.1) is 5.10 Å². The molecule has 0 aliphatic carbocycles. The van der Waals surface area contributed by atoms with Crippen molar-refractivity contribution in [1.29, 1.82) is 0 Å². The van der Waals surface area contributed by atoms with E-state index in [0.29, 0.717) is 24.7 Å². The number of amides is 1. The molecule has 2 fully saturated rings. The summed E-state index contributed by atoms with van der Waals surface area (Å²) in [4.78, 5) is 26.3. The van der Waals surface area contributed by atoms with Crippen molar-refractivity contribution in [2.75, 3.05) is 19.6 Å². The smallest absolute Gasteiger partial charge is 0.266 e. The Hall–Kier alpha value is -2.48. The molecule has 0 saturated carbocycles. The van der Waals surface area contributed by atoms with Gasteiger partial charge in [-0.1, -0.05) is 6.42 Å². The number of rotatable bonds is 5. The first-order valence-electron chi connectivity index (χ1n) is 10.1. The summed E-state index contributed by atoms with van der Waals surface area (Å²) >= 11 is 0. The molecular formula is C20H28N6O2. The standard InChI is InChI=1S/C20H28N6O2/c1-14-9-15(2)26(22-14)18-7-8-20(28)25(23-18)12-16-10-24(11-16)13-17-5-3-4-6-19(27)21-17/h7-9,16-17H,3-6,10-13H2,1-2H3,(H,21,27). The van der Waals surface area contributed by atoms with Crippen molar-refractivity contribution in [2.45, 2.75) is 52.1 Å². The van der Waals surface area contributed by atoms with Gasteiger partial charge in [0.2, 0.25) is 5.91 Å². The highest BCUT2D eigenvalue weighted by Crippen LogP contribution is 2.19. The van der Waals surface area contributed by atoms with Gasteiger partial charge in [-0.25, -0.2) is 9.36 Å². The Labute approximate surface area is 164 Å². The molecule has 2 saturated heterocycles. The van der Waals surface area contributed by atoms with Crippen LogP contribution in [-0.2, 0) is 11.3 Å². The molecule has 4 heterocycles. The van der Waals surface area contributed by atoms with E-state index in [4.69, 9.17) is 0 Å². The van der Waals surface area contributed by atoms with Crippen LogP contribution in [0.15, 0.2) is 23.0 Å². The van der Waals surface area contributed by atoms with Crippen molar-refractivity contribution in [3.63, 3.8) is 0 Å². The summed E-state index contributed by atoms with van der Waals surface area (Å²) in [6.07, 6.45) is 3.81. The maximum absolute atomic E-state index is 12.3. The molecule has 0 bridgehead atoms. The van der Waals surface area contributed by atoms with E-state index in [-0.39, 0.29) is 17.5 Å². The Kier molecular flexibility index (Phi) is 5.30. The highest BCUT2D eigenvalue weighted by Gasteiger charge is 2.30. The number of hydrogen-bond donors (Lipinski definition) is 1. The Morgan fingerprint density at radius 2 is 1.93 bits per heavy atom. The van der Waals surface area contributed by atoms with Gasteiger partial charge in [0.15, 0.2) is 5.82 Å². The van der Waals surface area contributed by atoms with Gasteiger partial charge < -0.3 is 10.2 Å². The fourth-order valence-corrected chi connectivity index (χ4v) is 4.23. The van der Waals surface area contributed by atoms with Gasteiger partial charge in [-0.05, 0) is 38.8 Å². The number of nitrogens with zero attached hydrogens (tertiary/aromatic N) is 5. The largest absolute Gasteiger partial charge is 0.352 e. The molecular weight excluding hydrogens is 356 g/mol. The van der Waals surface area contributed by atoms with Gasteiger partial charge in [0.05, 0.1) is 12.2 Å². The van der Waals surface area contributed by atoms with Crippen LogP contribution in [0.5, 0.6) is 0 Å². The summed E-state index contributed by atoms with van der Waals surface area (Å²) in [6, 6.07) is 5.54. The lowest BCUT2D eigenvalue weighted by Crippen LogP contribution is -2.54. The molecule has 8 heteroatoms. The quantitative estimate of drug-likeness (QED) is 0.833. The molecule has 2 aromatic rings. The Morgan fingerprint density at radius 1 is 1.11 bits per heavy atom. The number of nitrogens with one attached hydrogen (secondary N) is 1. The normalized spacial score (nSPS) is 21.2. The van der Waals surface area contributed by atoms with E-state index >= 15 is 0 Å². The van der Waals surface area contributed by atoms with Crippen molar-refractivity contribution >= 4 is 5.91 Å². The molecule has 0 radical (unpaired) electrons. The van der Waals surface area contributed by atoms with E-state index < -0.39 is 0 Å². The monoisotopic (exact) mass is 384 g/mol. The van der Waals surface area contributed by atoms with Gasteiger partial charge in [-0.2, -0.15) is 5.10 Å². The fourth-order valence-electron chi connectivity index (χ4n) is 4.23. The summed E-state index contributed by atoms with van der Waals surface area (Å²) in [6.45, 7) is 7.30. The highest BCUT2D eigenvalue weighted by molar-refractivity contribution is 5.76. The Morgan fingerprint density at radius 3 is 2.68 bits per heavy atom. The van der Waals surface area contributed by atoms with Crippen molar-refractivity contribution < 1.29 is 4.79 Å². The number of carbonyl (C=O) groups excluding carboxylic acids is 1. The molecule has 8 nitrogen and oxygen atoms in total. The number of aromatic nitrogens is 4. The third-order valence-corrected chi connectivity index (χ3v) is 5.59. The van der Waals surface area contributed by atoms with Crippen LogP contribution in [0.3, 0.4) is 0 Å². The van der Waals surface area contributed by atoms with Crippen molar-refractivity contribution in [2.24, 2.45) is 5.92 Å². The van der Waals surface area contributed by atoms with Gasteiger partial charge >= 0.3 is 0 Å². The zero-order valence-electron chi connectivity index (χ0n) is 16.6. The predicted molar refractivity (Wildman–Crippen MR) is 105 cm³/mol. The topological polar surface area (TPSA) is 85.0 Å². The van der Waals surface area contributed by atoms with E-state index in [1.54, 1.807) is 21.5 Å². The maximum atomic E-state index is 12.3. The van der Waals surface area contributed by atoms with Crippen LogP contribution >= 0.6 is 0 Å². The predicted octanol–water partition coefficient (Wildman–Crippen LogP) is 1.04. The molecule has 4 rings (SSSR count). The second-order valence-electron chi connectivity index (χ2n) is 8.15. The molecule has 1 unspecified atom stereocenters. The van der Waals surface area contributed by atoms with Crippen LogP contribution in [0, 0.1) is 19.8 Å². The third kappa shape index (κ3) is 4.16. The molecule has 0 spiro atoms. The summed E-state index contributed by atoms with van der Waals surface area (Å²) in [5.74, 6) is 1.25. The molecule has 1 N–H and O–H groups in total. The van der Waals surface area contributed by atoms with Gasteiger partial charge in [0, 0.05) is 49.8 Å². The SMILES string of the molecule is Cc1cc(C)n(-c2ccc(=O)n(CC3CN(CC4CCCCC(=O)N4)C3)n2)n1. The van der Waals surface area contributed by atoms with Crippen molar-refractivity contribution in [1.82, 2.24) is 29.8 Å². The van der Waals surface area contributed by atoms with E-state index in [1.165, 1.54) is 0 Å². The third-order valence-electron chi connectivity index (χ3n) is 5.59. The van der Waals surface area contributed by atoms with Crippen LogP contribution in [0.25, 0.3) is 5.82 Å².